The number of hydrogen-bond acceptors (Lipinski definition) is 1. The Labute approximate surface area is 104 Å². The van der Waals surface area contributed by atoms with Crippen molar-refractivity contribution in [3.05, 3.63) is 0 Å². The molecule has 4 aliphatic carbocycles. The standard InChI is InChI=1S/C13H23NO.ClH/c1-12(15,8-14)13-5-9-2-10(6-13)4-11(3-9)7-13;/h9-11,15H,2-8,14H2,1H3;1H. The van der Waals surface area contributed by atoms with Crippen LogP contribution in [0.4, 0.5) is 0 Å². The van der Waals surface area contributed by atoms with Crippen LogP contribution in [0.15, 0.2) is 0 Å². The van der Waals surface area contributed by atoms with E-state index in [0.29, 0.717) is 6.54 Å². The van der Waals surface area contributed by atoms with Crippen LogP contribution in [0.3, 0.4) is 0 Å². The third-order valence-corrected chi connectivity index (χ3v) is 5.67. The van der Waals surface area contributed by atoms with E-state index in [-0.39, 0.29) is 17.8 Å². The largest absolute Gasteiger partial charge is 1.00 e. The molecule has 0 aromatic rings. The second-order valence-corrected chi connectivity index (χ2v) is 6.72. The molecule has 94 valence electrons. The second-order valence-electron chi connectivity index (χ2n) is 6.72. The lowest BCUT2D eigenvalue weighted by atomic mass is 9.45. The molecule has 4 saturated carbocycles. The summed E-state index contributed by atoms with van der Waals surface area (Å²) >= 11 is 0. The van der Waals surface area contributed by atoms with Gasteiger partial charge in [0, 0.05) is 5.41 Å². The third kappa shape index (κ3) is 1.61. The molecule has 0 radical (unpaired) electrons. The lowest BCUT2D eigenvalue weighted by Crippen LogP contribution is -3.00. The highest BCUT2D eigenvalue weighted by atomic mass is 35.5. The third-order valence-electron chi connectivity index (χ3n) is 5.67. The van der Waals surface area contributed by atoms with E-state index in [1.807, 2.05) is 6.92 Å². The van der Waals surface area contributed by atoms with Crippen molar-refractivity contribution in [2.75, 3.05) is 6.54 Å². The van der Waals surface area contributed by atoms with Crippen LogP contribution in [-0.4, -0.2) is 17.3 Å². The van der Waals surface area contributed by atoms with E-state index < -0.39 is 5.60 Å². The normalized spacial score (nSPS) is 48.6. The first-order valence-electron chi connectivity index (χ1n) is 6.56. The van der Waals surface area contributed by atoms with Gasteiger partial charge >= 0.3 is 0 Å². The molecule has 4 aliphatic rings. The number of rotatable bonds is 2. The zero-order chi connectivity index (χ0) is 10.7. The molecule has 1 unspecified atom stereocenters. The summed E-state index contributed by atoms with van der Waals surface area (Å²) in [6.07, 6.45) is 8.19. The Bertz CT molecular complexity index is 242. The van der Waals surface area contributed by atoms with Gasteiger partial charge in [0.15, 0.2) is 0 Å². The Kier molecular flexibility index (Phi) is 3.05. The molecule has 0 aromatic heterocycles. The summed E-state index contributed by atoms with van der Waals surface area (Å²) in [6, 6.07) is 0. The van der Waals surface area contributed by atoms with Gasteiger partial charge in [0.2, 0.25) is 0 Å². The van der Waals surface area contributed by atoms with E-state index in [1.54, 1.807) is 0 Å². The van der Waals surface area contributed by atoms with Crippen molar-refractivity contribution in [1.29, 1.82) is 0 Å². The highest BCUT2D eigenvalue weighted by Crippen LogP contribution is 2.63. The average Bonchev–Trinajstić information content (AvgIpc) is 2.15. The van der Waals surface area contributed by atoms with Gasteiger partial charge in [-0.2, -0.15) is 0 Å². The molecule has 0 aromatic carbocycles. The van der Waals surface area contributed by atoms with Crippen molar-refractivity contribution in [3.63, 3.8) is 0 Å². The predicted molar refractivity (Wildman–Crippen MR) is 59.0 cm³/mol. The lowest BCUT2D eigenvalue weighted by Gasteiger charge is -2.60. The monoisotopic (exact) mass is 245 g/mol. The second kappa shape index (κ2) is 3.86. The molecular formula is C13H24ClNO. The van der Waals surface area contributed by atoms with Gasteiger partial charge in [-0.1, -0.05) is 0 Å². The Hall–Kier alpha value is 0.210. The van der Waals surface area contributed by atoms with Gasteiger partial charge in [0.25, 0.3) is 0 Å². The van der Waals surface area contributed by atoms with Gasteiger partial charge in [0.05, 0.1) is 0 Å². The summed E-state index contributed by atoms with van der Waals surface area (Å²) in [7, 11) is 0. The molecule has 4 fully saturated rings. The van der Waals surface area contributed by atoms with Crippen LogP contribution in [0, 0.1) is 23.2 Å². The van der Waals surface area contributed by atoms with Crippen LogP contribution in [-0.2, 0) is 0 Å². The first-order chi connectivity index (χ1) is 7.05. The van der Waals surface area contributed by atoms with Crippen LogP contribution in [0.1, 0.15) is 45.4 Å². The molecule has 16 heavy (non-hydrogen) atoms. The predicted octanol–water partition coefficient (Wildman–Crippen LogP) is -1.80. The summed E-state index contributed by atoms with van der Waals surface area (Å²) in [5.41, 5.74) is 3.69. The van der Waals surface area contributed by atoms with Crippen LogP contribution in [0.2, 0.25) is 0 Å². The first-order valence-corrected chi connectivity index (χ1v) is 6.56. The maximum Gasteiger partial charge on any atom is 0.116 e. The number of quaternary nitrogens is 1. The van der Waals surface area contributed by atoms with E-state index in [2.05, 4.69) is 5.73 Å². The van der Waals surface area contributed by atoms with Crippen molar-refractivity contribution in [2.45, 2.75) is 51.0 Å². The number of halogens is 1. The fraction of sp³-hybridized carbons (Fsp3) is 1.00. The molecule has 0 saturated heterocycles. The van der Waals surface area contributed by atoms with Crippen LogP contribution < -0.4 is 18.1 Å². The van der Waals surface area contributed by atoms with Crippen molar-refractivity contribution in [3.8, 4) is 0 Å². The highest BCUT2D eigenvalue weighted by Gasteiger charge is 2.58. The summed E-state index contributed by atoms with van der Waals surface area (Å²) in [5, 5.41) is 10.6. The Morgan fingerprint density at radius 1 is 1.12 bits per heavy atom. The zero-order valence-electron chi connectivity index (χ0n) is 10.2. The van der Waals surface area contributed by atoms with Crippen LogP contribution >= 0.6 is 0 Å². The summed E-state index contributed by atoms with van der Waals surface area (Å²) in [4.78, 5) is 0. The van der Waals surface area contributed by atoms with Gasteiger partial charge in [-0.25, -0.2) is 0 Å². The van der Waals surface area contributed by atoms with E-state index in [4.69, 9.17) is 0 Å². The molecule has 0 heterocycles. The minimum atomic E-state index is -0.511. The van der Waals surface area contributed by atoms with Gasteiger partial charge in [-0.05, 0) is 63.2 Å². The average molecular weight is 246 g/mol. The van der Waals surface area contributed by atoms with Crippen molar-refractivity contribution in [1.82, 2.24) is 0 Å². The number of aliphatic hydroxyl groups is 1. The molecule has 0 aliphatic heterocycles. The molecule has 2 nitrogen and oxygen atoms in total. The smallest absolute Gasteiger partial charge is 0.116 e. The first kappa shape index (κ1) is 12.7. The molecule has 4 rings (SSSR count). The van der Waals surface area contributed by atoms with E-state index in [9.17, 15) is 5.11 Å². The molecule has 4 N–H and O–H groups in total. The summed E-state index contributed by atoms with van der Waals surface area (Å²) in [6.45, 7) is 2.71. The quantitative estimate of drug-likeness (QED) is 0.593. The minimum Gasteiger partial charge on any atom is -1.00 e. The molecule has 0 spiro atoms. The van der Waals surface area contributed by atoms with Crippen molar-refractivity contribution >= 4 is 0 Å². The van der Waals surface area contributed by atoms with Crippen LogP contribution in [0.5, 0.6) is 0 Å². The molecule has 3 heteroatoms. The van der Waals surface area contributed by atoms with Crippen molar-refractivity contribution in [2.24, 2.45) is 23.2 Å². The van der Waals surface area contributed by atoms with Crippen molar-refractivity contribution < 1.29 is 23.2 Å². The van der Waals surface area contributed by atoms with E-state index in [0.717, 1.165) is 17.8 Å². The highest BCUT2D eigenvalue weighted by molar-refractivity contribution is 5.08. The fourth-order valence-corrected chi connectivity index (χ4v) is 5.04. The molecular weight excluding hydrogens is 222 g/mol. The molecule has 4 bridgehead atoms. The van der Waals surface area contributed by atoms with Gasteiger partial charge in [0.1, 0.15) is 12.1 Å². The molecule has 0 amide bonds. The van der Waals surface area contributed by atoms with Gasteiger partial charge in [-0.15, -0.1) is 0 Å². The Balaban J connectivity index is 0.000000963. The van der Waals surface area contributed by atoms with E-state index >= 15 is 0 Å². The zero-order valence-corrected chi connectivity index (χ0v) is 11.0. The number of hydrogen-bond donors (Lipinski definition) is 2. The maximum atomic E-state index is 10.6. The Morgan fingerprint density at radius 3 is 1.81 bits per heavy atom. The molecule has 1 atom stereocenters. The topological polar surface area (TPSA) is 47.9 Å². The summed E-state index contributed by atoms with van der Waals surface area (Å²) in [5.74, 6) is 2.78. The minimum absolute atomic E-state index is 0. The fourth-order valence-electron chi connectivity index (χ4n) is 5.04. The lowest BCUT2D eigenvalue weighted by molar-refractivity contribution is -0.414. The van der Waals surface area contributed by atoms with E-state index in [1.165, 1.54) is 38.5 Å². The summed E-state index contributed by atoms with van der Waals surface area (Å²) < 4.78 is 0. The van der Waals surface area contributed by atoms with Gasteiger partial charge < -0.3 is 23.2 Å². The maximum absolute atomic E-state index is 10.6. The Morgan fingerprint density at radius 2 is 1.50 bits per heavy atom. The van der Waals surface area contributed by atoms with Crippen LogP contribution in [0.25, 0.3) is 0 Å². The SMILES string of the molecule is CC(O)(C[NH3+])C12CC3CC(CC(C3)C1)C2.[Cl-]. The van der Waals surface area contributed by atoms with Gasteiger partial charge in [-0.3, -0.25) is 0 Å².